The van der Waals surface area contributed by atoms with Crippen LogP contribution in [0.15, 0.2) is 53.6 Å². The minimum atomic E-state index is -0.0303. The lowest BCUT2D eigenvalue weighted by Gasteiger charge is -2.34. The van der Waals surface area contributed by atoms with Gasteiger partial charge >= 0.3 is 0 Å². The molecule has 1 atom stereocenters. The number of carbonyl (C=O) groups is 1. The Kier molecular flexibility index (Phi) is 6.53. The highest BCUT2D eigenvalue weighted by Gasteiger charge is 2.30. The van der Waals surface area contributed by atoms with Gasteiger partial charge in [0.1, 0.15) is 11.1 Å². The first-order valence-electron chi connectivity index (χ1n) is 11.2. The van der Waals surface area contributed by atoms with Crippen LogP contribution in [0.1, 0.15) is 50.4 Å². The molecule has 1 unspecified atom stereocenters. The van der Waals surface area contributed by atoms with Gasteiger partial charge < -0.3 is 5.32 Å². The van der Waals surface area contributed by atoms with Crippen LogP contribution in [-0.2, 0) is 17.6 Å². The maximum Gasteiger partial charge on any atom is 0.225 e. The predicted octanol–water partition coefficient (Wildman–Crippen LogP) is 6.38. The van der Waals surface area contributed by atoms with E-state index < -0.39 is 0 Å². The summed E-state index contributed by atoms with van der Waals surface area (Å²) < 4.78 is 0. The van der Waals surface area contributed by atoms with Crippen molar-refractivity contribution in [3.63, 3.8) is 0 Å². The number of anilines is 1. The van der Waals surface area contributed by atoms with E-state index in [2.05, 4.69) is 38.2 Å². The van der Waals surface area contributed by atoms with Gasteiger partial charge in [-0.3, -0.25) is 4.79 Å². The van der Waals surface area contributed by atoms with Crippen LogP contribution in [0.25, 0.3) is 10.8 Å². The molecule has 0 saturated heterocycles. The van der Waals surface area contributed by atoms with Crippen molar-refractivity contribution < 1.29 is 4.79 Å². The lowest BCUT2D eigenvalue weighted by Crippen LogP contribution is -2.27. The van der Waals surface area contributed by atoms with Crippen molar-refractivity contribution in [2.24, 2.45) is 11.3 Å². The van der Waals surface area contributed by atoms with E-state index >= 15 is 0 Å². The summed E-state index contributed by atoms with van der Waals surface area (Å²) in [4.78, 5) is 17.3. The summed E-state index contributed by atoms with van der Waals surface area (Å²) in [5.74, 6) is 1.17. The largest absolute Gasteiger partial charge is 0.326 e. The number of aromatic nitrogens is 1. The number of fused-ring (bicyclic) bond motifs is 2. The third kappa shape index (κ3) is 5.14. The molecule has 32 heavy (non-hydrogen) atoms. The van der Waals surface area contributed by atoms with Gasteiger partial charge in [-0.25, -0.2) is 4.98 Å². The van der Waals surface area contributed by atoms with Gasteiger partial charge in [0.05, 0.1) is 5.56 Å². The summed E-state index contributed by atoms with van der Waals surface area (Å²) in [5.41, 5.74) is 4.02. The van der Waals surface area contributed by atoms with Gasteiger partial charge in [-0.2, -0.15) is 5.26 Å². The molecule has 0 fully saturated rings. The van der Waals surface area contributed by atoms with Crippen LogP contribution in [0.5, 0.6) is 0 Å². The number of amides is 1. The van der Waals surface area contributed by atoms with Gasteiger partial charge in [-0.1, -0.05) is 51.1 Å². The zero-order valence-corrected chi connectivity index (χ0v) is 19.8. The topological polar surface area (TPSA) is 65.8 Å². The average molecular weight is 444 g/mol. The van der Waals surface area contributed by atoms with Crippen LogP contribution in [0.4, 0.5) is 5.69 Å². The third-order valence-electron chi connectivity index (χ3n) is 6.30. The Bertz CT molecular complexity index is 1190. The number of hydrogen-bond donors (Lipinski definition) is 1. The number of nitriles is 1. The molecule has 0 saturated carbocycles. The second-order valence-corrected chi connectivity index (χ2v) is 10.7. The van der Waals surface area contributed by atoms with E-state index in [9.17, 15) is 10.1 Å². The van der Waals surface area contributed by atoms with Crippen molar-refractivity contribution in [3.8, 4) is 6.07 Å². The molecule has 1 heterocycles. The number of hydrogen-bond acceptors (Lipinski definition) is 4. The molecule has 0 bridgehead atoms. The summed E-state index contributed by atoms with van der Waals surface area (Å²) in [6.07, 6.45) is 3.44. The molecule has 1 aliphatic rings. The third-order valence-corrected chi connectivity index (χ3v) is 7.29. The molecule has 4 rings (SSSR count). The highest BCUT2D eigenvalue weighted by atomic mass is 32.2. The molecule has 1 amide bonds. The first kappa shape index (κ1) is 22.4. The van der Waals surface area contributed by atoms with Crippen LogP contribution in [0, 0.1) is 22.7 Å². The number of benzene rings is 2. The fraction of sp³-hybridized carbons (Fsp3) is 0.370. The molecule has 3 aromatic rings. The van der Waals surface area contributed by atoms with Gasteiger partial charge in [-0.15, -0.1) is 11.8 Å². The summed E-state index contributed by atoms with van der Waals surface area (Å²) in [7, 11) is 0. The van der Waals surface area contributed by atoms with Crippen molar-refractivity contribution in [3.05, 3.63) is 65.4 Å². The Hall–Kier alpha value is -2.84. The summed E-state index contributed by atoms with van der Waals surface area (Å²) in [5, 5.41) is 15.6. The molecule has 1 N–H and O–H groups in total. The van der Waals surface area contributed by atoms with Gasteiger partial charge in [0.2, 0.25) is 5.91 Å². The number of rotatable bonds is 5. The fourth-order valence-electron chi connectivity index (χ4n) is 4.31. The normalized spacial score (nSPS) is 15.8. The lowest BCUT2D eigenvalue weighted by atomic mass is 9.71. The Morgan fingerprint density at radius 1 is 1.19 bits per heavy atom. The quantitative estimate of drug-likeness (QED) is 0.465. The summed E-state index contributed by atoms with van der Waals surface area (Å²) in [6, 6.07) is 18.4. The lowest BCUT2D eigenvalue weighted by molar-refractivity contribution is -0.115. The molecular formula is C27H29N3OS. The van der Waals surface area contributed by atoms with Crippen LogP contribution >= 0.6 is 11.8 Å². The van der Waals surface area contributed by atoms with Crippen molar-refractivity contribution in [2.75, 3.05) is 11.1 Å². The molecule has 0 spiro atoms. The number of nitrogens with one attached hydrogen (secondary N) is 1. The Labute approximate surface area is 194 Å². The van der Waals surface area contributed by atoms with E-state index in [0.29, 0.717) is 23.7 Å². The Morgan fingerprint density at radius 3 is 2.72 bits per heavy atom. The zero-order chi connectivity index (χ0) is 22.7. The van der Waals surface area contributed by atoms with Crippen LogP contribution in [0.2, 0.25) is 0 Å². The molecule has 2 aromatic carbocycles. The minimum absolute atomic E-state index is 0.0303. The number of pyridine rings is 1. The second-order valence-electron chi connectivity index (χ2n) is 9.57. The number of aryl methyl sites for hydroxylation is 1. The first-order valence-corrected chi connectivity index (χ1v) is 12.2. The maximum absolute atomic E-state index is 12.4. The molecule has 1 aliphatic carbocycles. The van der Waals surface area contributed by atoms with E-state index in [4.69, 9.17) is 4.98 Å². The number of carbonyl (C=O) groups excluding carboxylic acids is 1. The molecule has 0 radical (unpaired) electrons. The van der Waals surface area contributed by atoms with Gasteiger partial charge in [0.15, 0.2) is 0 Å². The van der Waals surface area contributed by atoms with E-state index in [1.807, 2.05) is 42.5 Å². The minimum Gasteiger partial charge on any atom is -0.326 e. The molecule has 5 heteroatoms. The Balaban J connectivity index is 1.37. The van der Waals surface area contributed by atoms with Gasteiger partial charge in [0, 0.05) is 23.6 Å². The van der Waals surface area contributed by atoms with Crippen LogP contribution < -0.4 is 5.32 Å². The van der Waals surface area contributed by atoms with E-state index in [1.54, 1.807) is 0 Å². The van der Waals surface area contributed by atoms with Crippen LogP contribution in [-0.4, -0.2) is 16.6 Å². The second kappa shape index (κ2) is 9.34. The average Bonchev–Trinajstić information content (AvgIpc) is 2.77. The van der Waals surface area contributed by atoms with E-state index in [1.165, 1.54) is 17.3 Å². The fourth-order valence-corrected chi connectivity index (χ4v) is 5.22. The molecule has 4 nitrogen and oxygen atoms in total. The van der Waals surface area contributed by atoms with Crippen LogP contribution in [0.3, 0.4) is 0 Å². The maximum atomic E-state index is 12.4. The smallest absolute Gasteiger partial charge is 0.225 e. The summed E-state index contributed by atoms with van der Waals surface area (Å²) in [6.45, 7) is 6.86. The van der Waals surface area contributed by atoms with E-state index in [-0.39, 0.29) is 11.3 Å². The first-order chi connectivity index (χ1) is 15.3. The van der Waals surface area contributed by atoms with Crippen molar-refractivity contribution in [1.82, 2.24) is 4.98 Å². The molecular weight excluding hydrogens is 414 g/mol. The monoisotopic (exact) mass is 443 g/mol. The molecule has 0 aliphatic heterocycles. The predicted molar refractivity (Wildman–Crippen MR) is 132 cm³/mol. The molecule has 164 valence electrons. The number of nitrogens with zero attached hydrogens (tertiary/aromatic N) is 2. The SMILES string of the molecule is CC(C)(C)C1CCc2nc(SCCC(=O)Nc3ccc4ccccc4c3)c(C#N)cc2C1. The standard InChI is InChI=1S/C27H29N3OS/c1-27(2,3)22-9-11-24-20(15-22)14-21(17-28)26(30-24)32-13-12-25(31)29-23-10-8-18-6-4-5-7-19(18)16-23/h4-8,10,14,16,22H,9,11-13,15H2,1-3H3,(H,29,31). The highest BCUT2D eigenvalue weighted by Crippen LogP contribution is 2.38. The van der Waals surface area contributed by atoms with Gasteiger partial charge in [-0.05, 0) is 65.1 Å². The number of thioether (sulfide) groups is 1. The summed E-state index contributed by atoms with van der Waals surface area (Å²) >= 11 is 1.50. The Morgan fingerprint density at radius 2 is 1.97 bits per heavy atom. The van der Waals surface area contributed by atoms with Crippen molar-refractivity contribution in [2.45, 2.75) is 51.5 Å². The highest BCUT2D eigenvalue weighted by molar-refractivity contribution is 7.99. The van der Waals surface area contributed by atoms with E-state index in [0.717, 1.165) is 46.4 Å². The van der Waals surface area contributed by atoms with Crippen molar-refractivity contribution in [1.29, 1.82) is 5.26 Å². The molecule has 1 aromatic heterocycles. The van der Waals surface area contributed by atoms with Crippen molar-refractivity contribution >= 4 is 34.1 Å². The van der Waals surface area contributed by atoms with Gasteiger partial charge in [0.25, 0.3) is 0 Å². The zero-order valence-electron chi connectivity index (χ0n) is 18.9.